The minimum Gasteiger partial charge on any atom is -0.390 e. The van der Waals surface area contributed by atoms with Gasteiger partial charge in [-0.2, -0.15) is 13.2 Å². The number of alkyl halides is 3. The molecule has 198 valence electrons. The van der Waals surface area contributed by atoms with E-state index >= 15 is 0 Å². The number of benzene rings is 2. The molecule has 1 saturated carbocycles. The molecule has 2 atom stereocenters. The van der Waals surface area contributed by atoms with E-state index in [0.29, 0.717) is 24.1 Å². The van der Waals surface area contributed by atoms with Crippen LogP contribution in [0.15, 0.2) is 72.1 Å². The van der Waals surface area contributed by atoms with E-state index in [0.717, 1.165) is 30.7 Å². The molecule has 0 bridgehead atoms. The molecule has 1 fully saturated rings. The molecule has 0 aliphatic heterocycles. The summed E-state index contributed by atoms with van der Waals surface area (Å²) >= 11 is 0. The van der Waals surface area contributed by atoms with Crippen LogP contribution in [0.3, 0.4) is 0 Å². The summed E-state index contributed by atoms with van der Waals surface area (Å²) < 4.78 is 59.6. The minimum atomic E-state index is -4.96. The van der Waals surface area contributed by atoms with E-state index in [4.69, 9.17) is 15.6 Å². The Hall–Kier alpha value is -3.50. The molecular formula is C27H30F4N4O2. The molecule has 1 aliphatic carbocycles. The van der Waals surface area contributed by atoms with Gasteiger partial charge in [0, 0.05) is 35.8 Å². The number of hydrogen-bond acceptors (Lipinski definition) is 6. The first-order valence-corrected chi connectivity index (χ1v) is 11.8. The third kappa shape index (κ3) is 8.54. The number of allylic oxidation sites excluding steroid dienone is 1. The van der Waals surface area contributed by atoms with Gasteiger partial charge in [-0.15, -0.1) is 0 Å². The molecule has 2 aromatic carbocycles. The van der Waals surface area contributed by atoms with Gasteiger partial charge in [0.2, 0.25) is 0 Å². The van der Waals surface area contributed by atoms with Gasteiger partial charge in [-0.3, -0.25) is 5.41 Å². The summed E-state index contributed by atoms with van der Waals surface area (Å²) in [5.41, 5.74) is -0.715. The highest BCUT2D eigenvalue weighted by molar-refractivity contribution is 5.98. The third-order valence-electron chi connectivity index (χ3n) is 5.83. The number of anilines is 1. The summed E-state index contributed by atoms with van der Waals surface area (Å²) in [6.07, 6.45) is -2.52. The monoisotopic (exact) mass is 518 g/mol. The van der Waals surface area contributed by atoms with Crippen molar-refractivity contribution in [2.24, 2.45) is 5.92 Å². The number of aliphatic hydroxyl groups excluding tert-OH is 1. The van der Waals surface area contributed by atoms with Gasteiger partial charge in [0.25, 0.3) is 0 Å². The Morgan fingerprint density at radius 3 is 2.51 bits per heavy atom. The van der Waals surface area contributed by atoms with E-state index in [1.54, 1.807) is 6.92 Å². The van der Waals surface area contributed by atoms with Crippen LogP contribution in [0.4, 0.5) is 23.2 Å². The predicted octanol–water partition coefficient (Wildman–Crippen LogP) is 5.88. The van der Waals surface area contributed by atoms with Gasteiger partial charge in [-0.05, 0) is 55.5 Å². The number of halogens is 4. The lowest BCUT2D eigenvalue weighted by atomic mass is 10.0. The summed E-state index contributed by atoms with van der Waals surface area (Å²) in [4.78, 5) is 0. The SMILES string of the molecule is C[C@@H](OCc1ccccc1)c1cc(F)ccc1N/C(=C\C(=N)C(F)(F)F)C(O)/C(C=N)=C/NCC1CC1. The number of nitrogens with one attached hydrogen (secondary N) is 4. The number of ether oxygens (including phenoxy) is 1. The van der Waals surface area contributed by atoms with Crippen molar-refractivity contribution < 1.29 is 27.4 Å². The van der Waals surface area contributed by atoms with Crippen molar-refractivity contribution in [3.05, 3.63) is 89.0 Å². The molecule has 3 rings (SSSR count). The maximum absolute atomic E-state index is 14.1. The lowest BCUT2D eigenvalue weighted by Crippen LogP contribution is -2.27. The number of aliphatic hydroxyl groups is 1. The normalized spacial score (nSPS) is 16.2. The maximum Gasteiger partial charge on any atom is 0.432 e. The first-order chi connectivity index (χ1) is 17.6. The first kappa shape index (κ1) is 28.1. The van der Waals surface area contributed by atoms with E-state index in [2.05, 4.69) is 10.6 Å². The largest absolute Gasteiger partial charge is 0.432 e. The van der Waals surface area contributed by atoms with Crippen LogP contribution in [0.5, 0.6) is 0 Å². The number of rotatable bonds is 13. The molecule has 0 aromatic heterocycles. The Morgan fingerprint density at radius 2 is 1.89 bits per heavy atom. The van der Waals surface area contributed by atoms with Crippen molar-refractivity contribution in [3.63, 3.8) is 0 Å². The molecule has 2 aromatic rings. The van der Waals surface area contributed by atoms with Crippen molar-refractivity contribution in [1.82, 2.24) is 5.32 Å². The summed E-state index contributed by atoms with van der Waals surface area (Å²) in [6, 6.07) is 12.9. The second-order valence-electron chi connectivity index (χ2n) is 8.85. The van der Waals surface area contributed by atoms with Gasteiger partial charge in [-0.25, -0.2) is 4.39 Å². The summed E-state index contributed by atoms with van der Waals surface area (Å²) in [5, 5.41) is 31.7. The summed E-state index contributed by atoms with van der Waals surface area (Å²) in [6.45, 7) is 2.51. The average Bonchev–Trinajstić information content (AvgIpc) is 3.70. The molecule has 37 heavy (non-hydrogen) atoms. The molecule has 10 heteroatoms. The Kier molecular flexibility index (Phi) is 9.60. The van der Waals surface area contributed by atoms with Crippen LogP contribution in [0.1, 0.15) is 37.0 Å². The van der Waals surface area contributed by atoms with Gasteiger partial charge in [-0.1, -0.05) is 30.3 Å². The smallest absolute Gasteiger partial charge is 0.390 e. The standard InChI is InChI=1S/C27H30F4N4O2/c1-17(37-16-19-5-3-2-4-6-19)22-11-21(28)9-10-23(22)35-24(12-25(33)27(29,30)31)26(36)20(13-32)15-34-14-18-7-8-18/h2-6,9-13,15,17-18,26,32-36H,7-8,14,16H2,1H3/b20-15+,24-12-,32-13?,33-25?/t17-,26?/m1/s1. The fourth-order valence-electron chi connectivity index (χ4n) is 3.49. The van der Waals surface area contributed by atoms with Crippen LogP contribution >= 0.6 is 0 Å². The molecular weight excluding hydrogens is 488 g/mol. The molecule has 6 nitrogen and oxygen atoms in total. The summed E-state index contributed by atoms with van der Waals surface area (Å²) in [5.74, 6) is -0.0831. The zero-order chi connectivity index (χ0) is 27.0. The lowest BCUT2D eigenvalue weighted by molar-refractivity contribution is -0.0584. The van der Waals surface area contributed by atoms with Crippen LogP contribution in [0, 0.1) is 22.6 Å². The van der Waals surface area contributed by atoms with E-state index in [-0.39, 0.29) is 17.9 Å². The van der Waals surface area contributed by atoms with Crippen molar-refractivity contribution in [2.45, 2.75) is 44.8 Å². The van der Waals surface area contributed by atoms with E-state index in [1.807, 2.05) is 30.3 Å². The quantitative estimate of drug-likeness (QED) is 0.169. The van der Waals surface area contributed by atoms with E-state index in [9.17, 15) is 22.7 Å². The minimum absolute atomic E-state index is 0.00795. The van der Waals surface area contributed by atoms with E-state index in [1.165, 1.54) is 18.3 Å². The first-order valence-electron chi connectivity index (χ1n) is 11.8. The molecule has 5 N–H and O–H groups in total. The van der Waals surface area contributed by atoms with Gasteiger partial charge < -0.3 is 25.9 Å². The molecule has 0 radical (unpaired) electrons. The molecule has 0 heterocycles. The molecule has 0 amide bonds. The Morgan fingerprint density at radius 1 is 1.19 bits per heavy atom. The predicted molar refractivity (Wildman–Crippen MR) is 135 cm³/mol. The lowest BCUT2D eigenvalue weighted by Gasteiger charge is -2.23. The van der Waals surface area contributed by atoms with Crippen LogP contribution in [0.25, 0.3) is 0 Å². The topological polar surface area (TPSA) is 101 Å². The summed E-state index contributed by atoms with van der Waals surface area (Å²) in [7, 11) is 0. The Labute approximate surface area is 213 Å². The third-order valence-corrected chi connectivity index (χ3v) is 5.83. The Balaban J connectivity index is 1.88. The zero-order valence-corrected chi connectivity index (χ0v) is 20.3. The highest BCUT2D eigenvalue weighted by Crippen LogP contribution is 2.30. The van der Waals surface area contributed by atoms with Crippen molar-refractivity contribution in [1.29, 1.82) is 10.8 Å². The number of hydrogen-bond donors (Lipinski definition) is 5. The highest BCUT2D eigenvalue weighted by Gasteiger charge is 2.34. The Bertz CT molecular complexity index is 1140. The molecule has 0 saturated heterocycles. The maximum atomic E-state index is 14.1. The van der Waals surface area contributed by atoms with Crippen LogP contribution in [-0.4, -0.2) is 35.9 Å². The van der Waals surface area contributed by atoms with Crippen molar-refractivity contribution in [2.75, 3.05) is 11.9 Å². The van der Waals surface area contributed by atoms with Crippen molar-refractivity contribution in [3.8, 4) is 0 Å². The van der Waals surface area contributed by atoms with Crippen molar-refractivity contribution >= 4 is 17.6 Å². The van der Waals surface area contributed by atoms with E-state index < -0.39 is 35.6 Å². The zero-order valence-electron chi connectivity index (χ0n) is 20.3. The highest BCUT2D eigenvalue weighted by atomic mass is 19.4. The van der Waals surface area contributed by atoms with Crippen LogP contribution < -0.4 is 10.6 Å². The van der Waals surface area contributed by atoms with Crippen LogP contribution in [-0.2, 0) is 11.3 Å². The van der Waals surface area contributed by atoms with Gasteiger partial charge >= 0.3 is 6.18 Å². The molecule has 1 aliphatic rings. The molecule has 1 unspecified atom stereocenters. The fraction of sp³-hybridized carbons (Fsp3) is 0.333. The van der Waals surface area contributed by atoms with Crippen LogP contribution in [0.2, 0.25) is 0 Å². The second-order valence-corrected chi connectivity index (χ2v) is 8.85. The fourth-order valence-corrected chi connectivity index (χ4v) is 3.49. The molecule has 0 spiro atoms. The average molecular weight is 519 g/mol. The second kappa shape index (κ2) is 12.6. The van der Waals surface area contributed by atoms with Gasteiger partial charge in [0.15, 0.2) is 0 Å². The van der Waals surface area contributed by atoms with Gasteiger partial charge in [0.05, 0.1) is 18.4 Å². The van der Waals surface area contributed by atoms with Gasteiger partial charge in [0.1, 0.15) is 17.6 Å².